The molecule has 0 bridgehead atoms. The Labute approximate surface area is 153 Å². The topological polar surface area (TPSA) is 41.6 Å². The van der Waals surface area contributed by atoms with Gasteiger partial charge in [0.2, 0.25) is 5.91 Å². The number of hydrogen-bond acceptors (Lipinski definition) is 3. The number of anilines is 2. The Bertz CT molecular complexity index is 800. The molecule has 0 aliphatic carbocycles. The van der Waals surface area contributed by atoms with Crippen molar-refractivity contribution in [1.29, 1.82) is 0 Å². The van der Waals surface area contributed by atoms with Gasteiger partial charge < -0.3 is 15.0 Å². The summed E-state index contributed by atoms with van der Waals surface area (Å²) in [4.78, 5) is 14.3. The third kappa shape index (κ3) is 5.12. The van der Waals surface area contributed by atoms with E-state index in [2.05, 4.69) is 10.1 Å². The third-order valence-corrected chi connectivity index (χ3v) is 4.22. The van der Waals surface area contributed by atoms with Crippen LogP contribution in [0.4, 0.5) is 28.9 Å². The lowest BCUT2D eigenvalue weighted by Gasteiger charge is -2.22. The Kier molecular flexibility index (Phi) is 5.53. The van der Waals surface area contributed by atoms with Crippen molar-refractivity contribution in [3.8, 4) is 5.75 Å². The Morgan fingerprint density at radius 2 is 1.74 bits per heavy atom. The minimum atomic E-state index is -4.77. The van der Waals surface area contributed by atoms with Gasteiger partial charge in [0.25, 0.3) is 0 Å². The molecule has 0 aromatic heterocycles. The van der Waals surface area contributed by atoms with Gasteiger partial charge >= 0.3 is 6.36 Å². The summed E-state index contributed by atoms with van der Waals surface area (Å²) in [5, 5.41) is 2.59. The summed E-state index contributed by atoms with van der Waals surface area (Å²) in [6, 6.07) is 9.63. The van der Waals surface area contributed by atoms with E-state index in [1.807, 2.05) is 4.90 Å². The summed E-state index contributed by atoms with van der Waals surface area (Å²) in [5.41, 5.74) is 1.25. The van der Waals surface area contributed by atoms with E-state index < -0.39 is 18.1 Å². The monoisotopic (exact) mass is 382 g/mol. The highest BCUT2D eigenvalue weighted by atomic mass is 19.4. The predicted octanol–water partition coefficient (Wildman–Crippen LogP) is 4.51. The number of rotatable bonds is 5. The van der Waals surface area contributed by atoms with Gasteiger partial charge in [0.15, 0.2) is 0 Å². The maximum Gasteiger partial charge on any atom is 0.573 e. The first kappa shape index (κ1) is 19.0. The van der Waals surface area contributed by atoms with Crippen LogP contribution in [0.15, 0.2) is 42.5 Å². The van der Waals surface area contributed by atoms with Crippen LogP contribution in [0.25, 0.3) is 0 Å². The van der Waals surface area contributed by atoms with Crippen molar-refractivity contribution in [2.75, 3.05) is 23.3 Å². The van der Waals surface area contributed by atoms with Gasteiger partial charge in [0, 0.05) is 13.1 Å². The van der Waals surface area contributed by atoms with Gasteiger partial charge in [0.1, 0.15) is 17.3 Å². The van der Waals surface area contributed by atoms with Crippen LogP contribution in [0, 0.1) is 5.82 Å². The zero-order valence-corrected chi connectivity index (χ0v) is 14.4. The summed E-state index contributed by atoms with van der Waals surface area (Å²) in [6.07, 6.45) is -2.84. The normalized spacial score (nSPS) is 14.3. The molecule has 1 aliphatic heterocycles. The van der Waals surface area contributed by atoms with Gasteiger partial charge in [-0.1, -0.05) is 18.2 Å². The molecular weight excluding hydrogens is 364 g/mol. The molecule has 1 amide bonds. The maximum atomic E-state index is 14.2. The van der Waals surface area contributed by atoms with Gasteiger partial charge in [-0.05, 0) is 42.7 Å². The number of carbonyl (C=O) groups is 1. The largest absolute Gasteiger partial charge is 0.573 e. The van der Waals surface area contributed by atoms with Crippen molar-refractivity contribution < 1.29 is 27.1 Å². The summed E-state index contributed by atoms with van der Waals surface area (Å²) in [5.74, 6) is -1.34. The first-order valence-electron chi connectivity index (χ1n) is 8.50. The lowest BCUT2D eigenvalue weighted by molar-refractivity contribution is -0.274. The van der Waals surface area contributed by atoms with E-state index in [1.165, 1.54) is 18.2 Å². The Balaban J connectivity index is 1.68. The van der Waals surface area contributed by atoms with Gasteiger partial charge in [-0.15, -0.1) is 13.2 Å². The number of para-hydroxylation sites is 1. The Morgan fingerprint density at radius 3 is 2.37 bits per heavy atom. The number of nitrogens with zero attached hydrogens (tertiary/aromatic N) is 1. The van der Waals surface area contributed by atoms with Crippen molar-refractivity contribution in [3.63, 3.8) is 0 Å². The van der Waals surface area contributed by atoms with E-state index >= 15 is 0 Å². The van der Waals surface area contributed by atoms with Crippen LogP contribution in [0.5, 0.6) is 5.75 Å². The summed E-state index contributed by atoms with van der Waals surface area (Å²) in [6.45, 7) is 1.60. The fourth-order valence-corrected chi connectivity index (χ4v) is 3.04. The van der Waals surface area contributed by atoms with Crippen molar-refractivity contribution in [2.24, 2.45) is 0 Å². The number of ether oxygens (including phenoxy) is 1. The second kappa shape index (κ2) is 7.85. The average Bonchev–Trinajstić information content (AvgIpc) is 3.11. The third-order valence-electron chi connectivity index (χ3n) is 4.22. The van der Waals surface area contributed by atoms with Crippen LogP contribution in [-0.2, 0) is 11.2 Å². The second-order valence-corrected chi connectivity index (χ2v) is 6.24. The van der Waals surface area contributed by atoms with Gasteiger partial charge in [0.05, 0.1) is 12.1 Å². The number of carbonyl (C=O) groups excluding carboxylic acids is 1. The lowest BCUT2D eigenvalue weighted by Crippen LogP contribution is -2.22. The lowest BCUT2D eigenvalue weighted by atomic mass is 10.1. The molecule has 1 fully saturated rings. The molecule has 0 radical (unpaired) electrons. The number of nitrogens with one attached hydrogen (secondary N) is 1. The molecule has 2 aromatic rings. The molecule has 3 rings (SSSR count). The number of alkyl halides is 3. The fraction of sp³-hybridized carbons (Fsp3) is 0.316. The first-order chi connectivity index (χ1) is 12.8. The summed E-state index contributed by atoms with van der Waals surface area (Å²) >= 11 is 0. The SMILES string of the molecule is O=C(Cc1ccc(OC(F)(F)F)cc1)Nc1c(F)cccc1N1CCCC1. The molecule has 1 saturated heterocycles. The highest BCUT2D eigenvalue weighted by molar-refractivity contribution is 5.95. The number of benzene rings is 2. The molecule has 144 valence electrons. The van der Waals surface area contributed by atoms with Gasteiger partial charge in [-0.2, -0.15) is 0 Å². The maximum absolute atomic E-state index is 14.2. The van der Waals surface area contributed by atoms with E-state index in [1.54, 1.807) is 12.1 Å². The Hall–Kier alpha value is -2.77. The molecule has 1 aliphatic rings. The number of amides is 1. The highest BCUT2D eigenvalue weighted by Gasteiger charge is 2.31. The zero-order chi connectivity index (χ0) is 19.4. The van der Waals surface area contributed by atoms with E-state index in [0.717, 1.165) is 38.1 Å². The van der Waals surface area contributed by atoms with Crippen LogP contribution in [0.3, 0.4) is 0 Å². The molecule has 0 saturated carbocycles. The number of halogens is 4. The minimum absolute atomic E-state index is 0.0972. The molecule has 0 spiro atoms. The first-order valence-corrected chi connectivity index (χ1v) is 8.50. The molecule has 0 unspecified atom stereocenters. The highest BCUT2D eigenvalue weighted by Crippen LogP contribution is 2.31. The van der Waals surface area contributed by atoms with Crippen molar-refractivity contribution >= 4 is 17.3 Å². The standard InChI is InChI=1S/C19H18F4N2O2/c20-15-4-3-5-16(25-10-1-2-11-25)18(15)24-17(26)12-13-6-8-14(9-7-13)27-19(21,22)23/h3-9H,1-2,10-12H2,(H,24,26). The molecule has 8 heteroatoms. The van der Waals surface area contributed by atoms with Crippen molar-refractivity contribution in [3.05, 3.63) is 53.8 Å². The van der Waals surface area contributed by atoms with Crippen LogP contribution in [-0.4, -0.2) is 25.4 Å². The van der Waals surface area contributed by atoms with E-state index in [9.17, 15) is 22.4 Å². The molecule has 27 heavy (non-hydrogen) atoms. The van der Waals surface area contributed by atoms with Crippen LogP contribution in [0.2, 0.25) is 0 Å². The van der Waals surface area contributed by atoms with E-state index in [4.69, 9.17) is 0 Å². The predicted molar refractivity (Wildman–Crippen MR) is 93.3 cm³/mol. The summed E-state index contributed by atoms with van der Waals surface area (Å²) < 4.78 is 54.6. The second-order valence-electron chi connectivity index (χ2n) is 6.24. The van der Waals surface area contributed by atoms with E-state index in [0.29, 0.717) is 11.3 Å². The quantitative estimate of drug-likeness (QED) is 0.774. The molecule has 4 nitrogen and oxygen atoms in total. The van der Waals surface area contributed by atoms with Crippen LogP contribution < -0.4 is 15.0 Å². The molecule has 1 heterocycles. The molecule has 2 aromatic carbocycles. The smallest absolute Gasteiger partial charge is 0.406 e. The van der Waals surface area contributed by atoms with Gasteiger partial charge in [-0.3, -0.25) is 4.79 Å². The van der Waals surface area contributed by atoms with Gasteiger partial charge in [-0.25, -0.2) is 4.39 Å². The minimum Gasteiger partial charge on any atom is -0.406 e. The summed E-state index contributed by atoms with van der Waals surface area (Å²) in [7, 11) is 0. The number of hydrogen-bond donors (Lipinski definition) is 1. The van der Waals surface area contributed by atoms with Crippen molar-refractivity contribution in [2.45, 2.75) is 25.6 Å². The van der Waals surface area contributed by atoms with E-state index in [-0.39, 0.29) is 17.9 Å². The average molecular weight is 382 g/mol. The van der Waals surface area contributed by atoms with Crippen LogP contribution in [0.1, 0.15) is 18.4 Å². The van der Waals surface area contributed by atoms with Crippen molar-refractivity contribution in [1.82, 2.24) is 0 Å². The molecule has 1 N–H and O–H groups in total. The zero-order valence-electron chi connectivity index (χ0n) is 14.4. The molecular formula is C19H18F4N2O2. The fourth-order valence-electron chi connectivity index (χ4n) is 3.04. The Morgan fingerprint density at radius 1 is 1.07 bits per heavy atom. The molecule has 0 atom stereocenters. The van der Waals surface area contributed by atoms with Crippen LogP contribution >= 0.6 is 0 Å².